The average Bonchev–Trinajstić information content (AvgIpc) is 2.44. The van der Waals surface area contributed by atoms with Gasteiger partial charge in [0.15, 0.2) is 0 Å². The van der Waals surface area contributed by atoms with Crippen molar-refractivity contribution in [3.05, 3.63) is 23.5 Å². The molecule has 1 aliphatic rings. The van der Waals surface area contributed by atoms with E-state index in [1.165, 1.54) is 17.9 Å². The van der Waals surface area contributed by atoms with Crippen molar-refractivity contribution < 1.29 is 27.5 Å². The van der Waals surface area contributed by atoms with Gasteiger partial charge in [-0.05, 0) is 39.3 Å². The number of hydrogen-bond donors (Lipinski definition) is 1. The molecule has 1 aliphatic heterocycles. The van der Waals surface area contributed by atoms with E-state index in [2.05, 4.69) is 10.3 Å². The molecule has 0 saturated heterocycles. The lowest BCUT2D eigenvalue weighted by Gasteiger charge is -2.38. The SMILES string of the molecule is CC(=O)N[C@H]1C[C@@H](C)N(C(=O)OC(C)C)c2ccc(C(F)(F)F)nc21. The largest absolute Gasteiger partial charge is 0.446 e. The van der Waals surface area contributed by atoms with Gasteiger partial charge in [-0.1, -0.05) is 0 Å². The van der Waals surface area contributed by atoms with Gasteiger partial charge in [-0.25, -0.2) is 9.78 Å². The van der Waals surface area contributed by atoms with E-state index in [-0.39, 0.29) is 35.9 Å². The Morgan fingerprint density at radius 3 is 2.52 bits per heavy atom. The van der Waals surface area contributed by atoms with E-state index < -0.39 is 24.0 Å². The number of nitrogens with one attached hydrogen (secondary N) is 1. The molecule has 0 radical (unpaired) electrons. The molecule has 0 saturated carbocycles. The van der Waals surface area contributed by atoms with Gasteiger partial charge in [0.1, 0.15) is 5.69 Å². The van der Waals surface area contributed by atoms with Gasteiger partial charge in [-0.3, -0.25) is 9.69 Å². The van der Waals surface area contributed by atoms with Crippen LogP contribution in [0.1, 0.15) is 51.5 Å². The Bertz CT molecular complexity index is 676. The second kappa shape index (κ2) is 6.89. The molecular formula is C16H20F3N3O3. The van der Waals surface area contributed by atoms with Gasteiger partial charge >= 0.3 is 12.3 Å². The van der Waals surface area contributed by atoms with Crippen molar-refractivity contribution in [3.8, 4) is 0 Å². The molecule has 2 rings (SSSR count). The number of anilines is 1. The highest BCUT2D eigenvalue weighted by Gasteiger charge is 2.39. The van der Waals surface area contributed by atoms with E-state index in [4.69, 9.17) is 4.74 Å². The first-order valence-electron chi connectivity index (χ1n) is 7.85. The quantitative estimate of drug-likeness (QED) is 0.878. The molecule has 6 nitrogen and oxygen atoms in total. The van der Waals surface area contributed by atoms with E-state index in [9.17, 15) is 22.8 Å². The lowest BCUT2D eigenvalue weighted by Crippen LogP contribution is -2.47. The number of amides is 2. The minimum Gasteiger partial charge on any atom is -0.446 e. The van der Waals surface area contributed by atoms with Crippen LogP contribution < -0.4 is 10.2 Å². The number of nitrogens with zero attached hydrogens (tertiary/aromatic N) is 2. The lowest BCUT2D eigenvalue weighted by molar-refractivity contribution is -0.141. The zero-order chi connectivity index (χ0) is 18.9. The Morgan fingerprint density at radius 2 is 2.00 bits per heavy atom. The monoisotopic (exact) mass is 359 g/mol. The second-order valence-electron chi connectivity index (χ2n) is 6.24. The number of ether oxygens (including phenoxy) is 1. The van der Waals surface area contributed by atoms with Gasteiger partial charge in [0.2, 0.25) is 5.91 Å². The van der Waals surface area contributed by atoms with Crippen molar-refractivity contribution in [1.29, 1.82) is 0 Å². The third-order valence-electron chi connectivity index (χ3n) is 3.71. The Kier molecular flexibility index (Phi) is 5.24. The first-order valence-corrected chi connectivity index (χ1v) is 7.85. The fourth-order valence-corrected chi connectivity index (χ4v) is 2.79. The summed E-state index contributed by atoms with van der Waals surface area (Å²) in [5.41, 5.74) is -0.867. The highest BCUT2D eigenvalue weighted by Crippen LogP contribution is 2.39. The Hall–Kier alpha value is -2.32. The minimum absolute atomic E-state index is 0.00355. The molecule has 9 heteroatoms. The summed E-state index contributed by atoms with van der Waals surface area (Å²) in [5.74, 6) is -0.388. The van der Waals surface area contributed by atoms with Gasteiger partial charge in [0, 0.05) is 13.0 Å². The zero-order valence-electron chi connectivity index (χ0n) is 14.3. The van der Waals surface area contributed by atoms with Crippen LogP contribution in [0.25, 0.3) is 0 Å². The molecule has 0 spiro atoms. The van der Waals surface area contributed by atoms with E-state index in [1.54, 1.807) is 20.8 Å². The molecule has 2 heterocycles. The van der Waals surface area contributed by atoms with E-state index >= 15 is 0 Å². The predicted octanol–water partition coefficient (Wildman–Crippen LogP) is 3.42. The van der Waals surface area contributed by atoms with Gasteiger partial charge in [-0.2, -0.15) is 13.2 Å². The maximum absolute atomic E-state index is 13.0. The molecule has 2 atom stereocenters. The average molecular weight is 359 g/mol. The number of halogens is 3. The first kappa shape index (κ1) is 19.0. The molecule has 1 aromatic rings. The summed E-state index contributed by atoms with van der Waals surface area (Å²) in [6.07, 6.45) is -5.43. The van der Waals surface area contributed by atoms with Crippen LogP contribution in [0, 0.1) is 0 Å². The highest BCUT2D eigenvalue weighted by atomic mass is 19.4. The van der Waals surface area contributed by atoms with Crippen molar-refractivity contribution in [2.45, 2.75) is 58.5 Å². The molecule has 25 heavy (non-hydrogen) atoms. The second-order valence-corrected chi connectivity index (χ2v) is 6.24. The summed E-state index contributed by atoms with van der Waals surface area (Å²) in [7, 11) is 0. The predicted molar refractivity (Wildman–Crippen MR) is 84.0 cm³/mol. The molecule has 1 aromatic heterocycles. The lowest BCUT2D eigenvalue weighted by atomic mass is 9.95. The molecule has 0 unspecified atom stereocenters. The Balaban J connectivity index is 2.52. The van der Waals surface area contributed by atoms with E-state index in [1.807, 2.05) is 0 Å². The summed E-state index contributed by atoms with van der Waals surface area (Å²) in [6.45, 7) is 6.37. The topological polar surface area (TPSA) is 71.5 Å². The molecule has 0 aromatic carbocycles. The first-order chi connectivity index (χ1) is 11.5. The minimum atomic E-state index is -4.62. The molecular weight excluding hydrogens is 339 g/mol. The van der Waals surface area contributed by atoms with Crippen LogP contribution in [0.5, 0.6) is 0 Å². The van der Waals surface area contributed by atoms with Gasteiger partial charge < -0.3 is 10.1 Å². The maximum atomic E-state index is 13.0. The normalized spacial score (nSPS) is 20.2. The maximum Gasteiger partial charge on any atom is 0.433 e. The third-order valence-corrected chi connectivity index (χ3v) is 3.71. The van der Waals surface area contributed by atoms with Crippen LogP contribution in [0.3, 0.4) is 0 Å². The summed E-state index contributed by atoms with van der Waals surface area (Å²) in [4.78, 5) is 28.7. The smallest absolute Gasteiger partial charge is 0.433 e. The summed E-state index contributed by atoms with van der Waals surface area (Å²) < 4.78 is 44.2. The number of carbonyl (C=O) groups excluding carboxylic acids is 2. The van der Waals surface area contributed by atoms with Crippen LogP contribution in [0.2, 0.25) is 0 Å². The van der Waals surface area contributed by atoms with Crippen molar-refractivity contribution in [3.63, 3.8) is 0 Å². The Labute approximate surface area is 143 Å². The third kappa shape index (κ3) is 4.21. The van der Waals surface area contributed by atoms with Crippen LogP contribution in [0.4, 0.5) is 23.7 Å². The van der Waals surface area contributed by atoms with Gasteiger partial charge in [-0.15, -0.1) is 0 Å². The summed E-state index contributed by atoms with van der Waals surface area (Å²) >= 11 is 0. The molecule has 0 bridgehead atoms. The fraction of sp³-hybridized carbons (Fsp3) is 0.562. The van der Waals surface area contributed by atoms with Crippen molar-refractivity contribution in [2.75, 3.05) is 4.90 Å². The zero-order valence-corrected chi connectivity index (χ0v) is 14.3. The number of fused-ring (bicyclic) bond motifs is 1. The summed E-state index contributed by atoms with van der Waals surface area (Å²) in [5, 5.41) is 2.60. The molecule has 0 aliphatic carbocycles. The number of pyridine rings is 1. The molecule has 1 N–H and O–H groups in total. The number of rotatable bonds is 2. The number of hydrogen-bond acceptors (Lipinski definition) is 4. The van der Waals surface area contributed by atoms with E-state index in [0.29, 0.717) is 0 Å². The van der Waals surface area contributed by atoms with Gasteiger partial charge in [0.05, 0.1) is 23.5 Å². The summed E-state index contributed by atoms with van der Waals surface area (Å²) in [6, 6.07) is 0.913. The number of aromatic nitrogens is 1. The molecule has 138 valence electrons. The fourth-order valence-electron chi connectivity index (χ4n) is 2.79. The molecule has 0 fully saturated rings. The van der Waals surface area contributed by atoms with Crippen LogP contribution in [-0.2, 0) is 15.7 Å². The van der Waals surface area contributed by atoms with Crippen LogP contribution in [0.15, 0.2) is 12.1 Å². The van der Waals surface area contributed by atoms with E-state index in [0.717, 1.165) is 6.07 Å². The van der Waals surface area contributed by atoms with Crippen molar-refractivity contribution in [2.24, 2.45) is 0 Å². The van der Waals surface area contributed by atoms with Crippen molar-refractivity contribution >= 4 is 17.7 Å². The van der Waals surface area contributed by atoms with Gasteiger partial charge in [0.25, 0.3) is 0 Å². The molecule has 2 amide bonds. The number of carbonyl (C=O) groups is 2. The van der Waals surface area contributed by atoms with Crippen molar-refractivity contribution in [1.82, 2.24) is 10.3 Å². The van der Waals surface area contributed by atoms with Crippen LogP contribution >= 0.6 is 0 Å². The van der Waals surface area contributed by atoms with Crippen LogP contribution in [-0.4, -0.2) is 29.1 Å². The number of alkyl halides is 3. The standard InChI is InChI=1S/C16H20F3N3O3/c1-8(2)25-15(24)22-9(3)7-11(20-10(4)23)14-12(22)5-6-13(21-14)16(17,18)19/h5-6,8-9,11H,7H2,1-4H3,(H,20,23)/t9-,11+/m1/s1. The Morgan fingerprint density at radius 1 is 1.36 bits per heavy atom. The highest BCUT2D eigenvalue weighted by molar-refractivity contribution is 5.90.